The van der Waals surface area contributed by atoms with Gasteiger partial charge < -0.3 is 14.4 Å². The summed E-state index contributed by atoms with van der Waals surface area (Å²) in [5.41, 5.74) is -0.137. The first-order chi connectivity index (χ1) is 13.1. The first-order valence-electron chi connectivity index (χ1n) is 11.6. The van der Waals surface area contributed by atoms with E-state index in [1.807, 2.05) is 13.8 Å². The highest BCUT2D eigenvalue weighted by Gasteiger charge is 2.47. The van der Waals surface area contributed by atoms with Crippen LogP contribution in [0.3, 0.4) is 0 Å². The van der Waals surface area contributed by atoms with Gasteiger partial charge in [0.15, 0.2) is 0 Å². The normalized spacial score (nSPS) is 19.3. The van der Waals surface area contributed by atoms with Gasteiger partial charge in [-0.1, -0.05) is 52.4 Å². The molecule has 2 fully saturated rings. The topological polar surface area (TPSA) is 38.8 Å². The number of ether oxygens (including phenoxy) is 2. The van der Waals surface area contributed by atoms with E-state index in [0.29, 0.717) is 12.5 Å². The maximum absolute atomic E-state index is 12.9. The van der Waals surface area contributed by atoms with E-state index in [9.17, 15) is 4.79 Å². The molecule has 0 aromatic rings. The summed E-state index contributed by atoms with van der Waals surface area (Å²) in [5.74, 6) is 0.716. The van der Waals surface area contributed by atoms with Gasteiger partial charge in [0.1, 0.15) is 6.61 Å². The third-order valence-electron chi connectivity index (χ3n) is 6.48. The summed E-state index contributed by atoms with van der Waals surface area (Å²) in [6, 6.07) is 0. The van der Waals surface area contributed by atoms with Crippen molar-refractivity contribution < 1.29 is 14.3 Å². The minimum Gasteiger partial charge on any atom is -0.464 e. The van der Waals surface area contributed by atoms with Crippen LogP contribution in [-0.4, -0.2) is 50.3 Å². The fourth-order valence-corrected chi connectivity index (χ4v) is 4.77. The average Bonchev–Trinajstić information content (AvgIpc) is 2.73. The van der Waals surface area contributed by atoms with Crippen molar-refractivity contribution in [2.45, 2.75) is 91.9 Å². The Morgan fingerprint density at radius 1 is 0.893 bits per heavy atom. The van der Waals surface area contributed by atoms with E-state index in [0.717, 1.165) is 45.7 Å². The smallest absolute Gasteiger partial charge is 0.312 e. The molecule has 0 aromatic heterocycles. The lowest BCUT2D eigenvalue weighted by Gasteiger charge is -2.43. The van der Waals surface area contributed by atoms with E-state index in [-0.39, 0.29) is 23.8 Å². The Labute approximate surface area is 180 Å². The van der Waals surface area contributed by atoms with Crippen LogP contribution in [0.1, 0.15) is 91.9 Å². The highest BCUT2D eigenvalue weighted by atomic mass is 35.5. The van der Waals surface area contributed by atoms with Crippen LogP contribution in [0.4, 0.5) is 0 Å². The minimum atomic E-state index is -0.137. The monoisotopic (exact) mass is 419 g/mol. The lowest BCUT2D eigenvalue weighted by molar-refractivity contribution is -0.164. The molecule has 2 rings (SSSR count). The van der Waals surface area contributed by atoms with Gasteiger partial charge in [0.2, 0.25) is 0 Å². The van der Waals surface area contributed by atoms with E-state index < -0.39 is 0 Å². The summed E-state index contributed by atoms with van der Waals surface area (Å²) in [6.45, 7) is 13.5. The van der Waals surface area contributed by atoms with E-state index in [2.05, 4.69) is 18.7 Å². The predicted molar refractivity (Wildman–Crippen MR) is 120 cm³/mol. The third kappa shape index (κ3) is 9.00. The fourth-order valence-electron chi connectivity index (χ4n) is 4.77. The highest BCUT2D eigenvalue weighted by molar-refractivity contribution is 5.85. The van der Waals surface area contributed by atoms with E-state index in [1.165, 1.54) is 51.4 Å². The van der Waals surface area contributed by atoms with Crippen molar-refractivity contribution >= 4 is 18.4 Å². The van der Waals surface area contributed by atoms with E-state index in [4.69, 9.17) is 9.47 Å². The van der Waals surface area contributed by atoms with E-state index >= 15 is 0 Å². The molecule has 0 aliphatic heterocycles. The lowest BCUT2D eigenvalue weighted by atomic mass is 9.62. The number of nitrogens with zero attached hydrogens (tertiary/aromatic N) is 1. The summed E-state index contributed by atoms with van der Waals surface area (Å²) in [4.78, 5) is 15.3. The van der Waals surface area contributed by atoms with Crippen LogP contribution in [0.25, 0.3) is 0 Å². The second-order valence-corrected chi connectivity index (χ2v) is 8.00. The number of esters is 1. The molecule has 0 aromatic carbocycles. The van der Waals surface area contributed by atoms with Crippen molar-refractivity contribution in [2.75, 3.05) is 39.5 Å². The van der Waals surface area contributed by atoms with Crippen LogP contribution in [-0.2, 0) is 14.3 Å². The predicted octanol–water partition coefficient (Wildman–Crippen LogP) is 5.87. The molecule has 0 radical (unpaired) electrons. The number of likely N-dealkylation sites (N-methyl/N-ethyl adjacent to an activating group) is 1. The largest absolute Gasteiger partial charge is 0.464 e. The quantitative estimate of drug-likeness (QED) is 0.438. The van der Waals surface area contributed by atoms with Crippen LogP contribution in [0.15, 0.2) is 0 Å². The Balaban J connectivity index is 0.00000108. The Kier molecular flexibility index (Phi) is 16.3. The average molecular weight is 420 g/mol. The van der Waals surface area contributed by atoms with Crippen molar-refractivity contribution in [3.63, 3.8) is 0 Å². The van der Waals surface area contributed by atoms with Crippen molar-refractivity contribution in [2.24, 2.45) is 11.3 Å². The van der Waals surface area contributed by atoms with Gasteiger partial charge in [0.05, 0.1) is 5.41 Å². The zero-order chi connectivity index (χ0) is 20.0. The molecular formula is C23H46ClNO3. The Bertz CT molecular complexity index is 374. The second-order valence-electron chi connectivity index (χ2n) is 8.00. The summed E-state index contributed by atoms with van der Waals surface area (Å²) in [7, 11) is 0. The maximum Gasteiger partial charge on any atom is 0.312 e. The molecule has 4 nitrogen and oxygen atoms in total. The van der Waals surface area contributed by atoms with Crippen LogP contribution < -0.4 is 0 Å². The lowest BCUT2D eigenvalue weighted by Crippen LogP contribution is -2.43. The van der Waals surface area contributed by atoms with E-state index in [1.54, 1.807) is 0 Å². The second kappa shape index (κ2) is 16.5. The van der Waals surface area contributed by atoms with Gasteiger partial charge in [0, 0.05) is 19.8 Å². The number of hydrogen-bond donors (Lipinski definition) is 0. The molecule has 2 saturated carbocycles. The SMILES string of the molecule is CCN(CC)CCOC(=O)C1(C2CCCCC2)CCCCC1.CCOCC.Cl. The molecule has 5 heteroatoms. The first-order valence-corrected chi connectivity index (χ1v) is 11.6. The van der Waals surface area contributed by atoms with Gasteiger partial charge in [-0.3, -0.25) is 4.79 Å². The maximum atomic E-state index is 12.9. The minimum absolute atomic E-state index is 0. The molecule has 0 amide bonds. The summed E-state index contributed by atoms with van der Waals surface area (Å²) >= 11 is 0. The molecule has 2 aliphatic rings. The number of carbonyl (C=O) groups excluding carboxylic acids is 1. The van der Waals surface area contributed by atoms with Crippen LogP contribution in [0, 0.1) is 11.3 Å². The third-order valence-corrected chi connectivity index (χ3v) is 6.48. The number of carbonyl (C=O) groups is 1. The molecule has 0 N–H and O–H groups in total. The van der Waals surface area contributed by atoms with Crippen LogP contribution >= 0.6 is 12.4 Å². The summed E-state index contributed by atoms with van der Waals surface area (Å²) in [5, 5.41) is 0. The molecular weight excluding hydrogens is 374 g/mol. The first kappa shape index (κ1) is 27.7. The van der Waals surface area contributed by atoms with Crippen molar-refractivity contribution in [3.8, 4) is 0 Å². The van der Waals surface area contributed by atoms with Crippen molar-refractivity contribution in [1.82, 2.24) is 4.90 Å². The standard InChI is InChI=1S/C19H35NO2.C4H10O.ClH/c1-3-20(4-2)15-16-22-18(21)19(13-9-6-10-14-19)17-11-7-5-8-12-17;1-3-5-4-2;/h17H,3-16H2,1-2H3;3-4H2,1-2H3;1H. The number of halogens is 1. The van der Waals surface area contributed by atoms with Crippen LogP contribution in [0.2, 0.25) is 0 Å². The molecule has 0 unspecified atom stereocenters. The molecule has 0 bridgehead atoms. The summed E-state index contributed by atoms with van der Waals surface area (Å²) in [6.07, 6.45) is 12.3. The zero-order valence-corrected chi connectivity index (χ0v) is 19.8. The highest BCUT2D eigenvalue weighted by Crippen LogP contribution is 2.49. The van der Waals surface area contributed by atoms with Crippen molar-refractivity contribution in [3.05, 3.63) is 0 Å². The van der Waals surface area contributed by atoms with Gasteiger partial charge in [-0.25, -0.2) is 0 Å². The van der Waals surface area contributed by atoms with Gasteiger partial charge in [-0.05, 0) is 58.5 Å². The molecule has 0 heterocycles. The van der Waals surface area contributed by atoms with Gasteiger partial charge in [-0.15, -0.1) is 12.4 Å². The number of hydrogen-bond acceptors (Lipinski definition) is 4. The molecule has 28 heavy (non-hydrogen) atoms. The molecule has 2 aliphatic carbocycles. The Hall–Kier alpha value is -0.320. The molecule has 168 valence electrons. The fraction of sp³-hybridized carbons (Fsp3) is 0.957. The Morgan fingerprint density at radius 2 is 1.43 bits per heavy atom. The molecule has 0 spiro atoms. The van der Waals surface area contributed by atoms with Crippen LogP contribution in [0.5, 0.6) is 0 Å². The van der Waals surface area contributed by atoms with Gasteiger partial charge in [-0.2, -0.15) is 0 Å². The molecule has 0 atom stereocenters. The zero-order valence-electron chi connectivity index (χ0n) is 19.0. The Morgan fingerprint density at radius 3 is 1.89 bits per heavy atom. The number of rotatable bonds is 9. The molecule has 0 saturated heterocycles. The summed E-state index contributed by atoms with van der Waals surface area (Å²) < 4.78 is 10.6. The van der Waals surface area contributed by atoms with Gasteiger partial charge >= 0.3 is 5.97 Å². The van der Waals surface area contributed by atoms with Gasteiger partial charge in [0.25, 0.3) is 0 Å². The van der Waals surface area contributed by atoms with Crippen molar-refractivity contribution in [1.29, 1.82) is 0 Å².